The standard InChI is InChI=1S/C13H20N2O3S2/c14-20(17,18)8-7-15-13(16)12-9-10-5-3-1-2-4-6-11(10)19-12/h9H,1-8H2,(H,15,16)(H2,14,17,18). The zero-order valence-electron chi connectivity index (χ0n) is 11.4. The zero-order valence-corrected chi connectivity index (χ0v) is 13.0. The van der Waals surface area contributed by atoms with E-state index < -0.39 is 10.0 Å². The Labute approximate surface area is 123 Å². The van der Waals surface area contributed by atoms with Gasteiger partial charge in [0.25, 0.3) is 5.91 Å². The van der Waals surface area contributed by atoms with Crippen molar-refractivity contribution < 1.29 is 13.2 Å². The summed E-state index contributed by atoms with van der Waals surface area (Å²) in [7, 11) is -3.53. The second-order valence-electron chi connectivity index (χ2n) is 5.10. The van der Waals surface area contributed by atoms with Gasteiger partial charge in [-0.3, -0.25) is 4.79 Å². The zero-order chi connectivity index (χ0) is 14.6. The summed E-state index contributed by atoms with van der Waals surface area (Å²) in [5, 5.41) is 7.51. The Hall–Kier alpha value is -0.920. The highest BCUT2D eigenvalue weighted by Crippen LogP contribution is 2.28. The molecule has 0 unspecified atom stereocenters. The second kappa shape index (κ2) is 6.69. The van der Waals surface area contributed by atoms with Crippen molar-refractivity contribution in [3.63, 3.8) is 0 Å². The summed E-state index contributed by atoms with van der Waals surface area (Å²) >= 11 is 1.53. The minimum atomic E-state index is -3.53. The van der Waals surface area contributed by atoms with Crippen molar-refractivity contribution in [1.82, 2.24) is 5.32 Å². The van der Waals surface area contributed by atoms with Crippen LogP contribution in [0.5, 0.6) is 0 Å². The molecule has 0 bridgehead atoms. The molecular formula is C13H20N2O3S2. The summed E-state index contributed by atoms with van der Waals surface area (Å²) in [6.07, 6.45) is 6.95. The van der Waals surface area contributed by atoms with Crippen molar-refractivity contribution in [2.75, 3.05) is 12.3 Å². The van der Waals surface area contributed by atoms with Crippen molar-refractivity contribution in [3.05, 3.63) is 21.4 Å². The number of thiophene rings is 1. The van der Waals surface area contributed by atoms with E-state index in [0.717, 1.165) is 12.8 Å². The molecule has 0 atom stereocenters. The van der Waals surface area contributed by atoms with Crippen LogP contribution in [0.3, 0.4) is 0 Å². The molecule has 1 aromatic rings. The van der Waals surface area contributed by atoms with Crippen LogP contribution in [0.1, 0.15) is 45.8 Å². The molecule has 0 saturated carbocycles. The summed E-state index contributed by atoms with van der Waals surface area (Å²) < 4.78 is 21.6. The van der Waals surface area contributed by atoms with Gasteiger partial charge in [-0.2, -0.15) is 0 Å². The summed E-state index contributed by atoms with van der Waals surface area (Å²) in [5.74, 6) is -0.436. The summed E-state index contributed by atoms with van der Waals surface area (Å²) in [6, 6.07) is 1.96. The maximum absolute atomic E-state index is 12.0. The lowest BCUT2D eigenvalue weighted by Crippen LogP contribution is -2.31. The van der Waals surface area contributed by atoms with Crippen molar-refractivity contribution in [1.29, 1.82) is 0 Å². The van der Waals surface area contributed by atoms with E-state index >= 15 is 0 Å². The lowest BCUT2D eigenvalue weighted by molar-refractivity contribution is 0.0960. The first kappa shape index (κ1) is 15.5. The van der Waals surface area contributed by atoms with E-state index in [2.05, 4.69) is 5.32 Å². The molecule has 1 aliphatic carbocycles. The number of hydrogen-bond donors (Lipinski definition) is 2. The largest absolute Gasteiger partial charge is 0.350 e. The van der Waals surface area contributed by atoms with Gasteiger partial charge in [-0.25, -0.2) is 13.6 Å². The first-order valence-electron chi connectivity index (χ1n) is 6.86. The predicted octanol–water partition coefficient (Wildman–Crippen LogP) is 1.43. The van der Waals surface area contributed by atoms with E-state index in [0.29, 0.717) is 4.88 Å². The average molecular weight is 316 g/mol. The minimum Gasteiger partial charge on any atom is -0.350 e. The lowest BCUT2D eigenvalue weighted by Gasteiger charge is -2.07. The van der Waals surface area contributed by atoms with Gasteiger partial charge >= 0.3 is 0 Å². The molecule has 0 saturated heterocycles. The molecule has 0 aromatic carbocycles. The Morgan fingerprint density at radius 3 is 2.65 bits per heavy atom. The number of aryl methyl sites for hydroxylation is 2. The highest BCUT2D eigenvalue weighted by molar-refractivity contribution is 7.89. The summed E-state index contributed by atoms with van der Waals surface area (Å²) in [5.41, 5.74) is 1.28. The van der Waals surface area contributed by atoms with E-state index in [4.69, 9.17) is 5.14 Å². The van der Waals surface area contributed by atoms with Crippen molar-refractivity contribution >= 4 is 27.3 Å². The third kappa shape index (κ3) is 4.57. The molecule has 0 fully saturated rings. The fourth-order valence-corrected chi connectivity index (χ4v) is 3.91. The number of nitrogens with one attached hydrogen (secondary N) is 1. The Kier molecular flexibility index (Phi) is 5.17. The van der Waals surface area contributed by atoms with Crippen molar-refractivity contribution in [2.45, 2.75) is 38.5 Å². The predicted molar refractivity (Wildman–Crippen MR) is 80.5 cm³/mol. The van der Waals surface area contributed by atoms with Crippen LogP contribution in [0.25, 0.3) is 0 Å². The van der Waals surface area contributed by atoms with Crippen LogP contribution in [-0.2, 0) is 22.9 Å². The van der Waals surface area contributed by atoms with Crippen LogP contribution in [0, 0.1) is 0 Å². The van der Waals surface area contributed by atoms with Crippen LogP contribution >= 0.6 is 11.3 Å². The topological polar surface area (TPSA) is 89.3 Å². The fraction of sp³-hybridized carbons (Fsp3) is 0.615. The first-order valence-corrected chi connectivity index (χ1v) is 9.39. The highest BCUT2D eigenvalue weighted by Gasteiger charge is 2.16. The number of carbonyl (C=O) groups excluding carboxylic acids is 1. The Balaban J connectivity index is 1.98. The van der Waals surface area contributed by atoms with Crippen LogP contribution in [-0.4, -0.2) is 26.6 Å². The van der Waals surface area contributed by atoms with Gasteiger partial charge in [0, 0.05) is 11.4 Å². The molecule has 7 heteroatoms. The summed E-state index contributed by atoms with van der Waals surface area (Å²) in [6.45, 7) is 0.0558. The molecule has 0 spiro atoms. The van der Waals surface area contributed by atoms with Gasteiger partial charge in [-0.15, -0.1) is 11.3 Å². The molecule has 3 N–H and O–H groups in total. The third-order valence-corrected chi connectivity index (χ3v) is 5.40. The van der Waals surface area contributed by atoms with Crippen LogP contribution in [0.4, 0.5) is 0 Å². The quantitative estimate of drug-likeness (QED) is 0.880. The van der Waals surface area contributed by atoms with E-state index in [1.165, 1.54) is 47.5 Å². The van der Waals surface area contributed by atoms with E-state index in [-0.39, 0.29) is 18.2 Å². The highest BCUT2D eigenvalue weighted by atomic mass is 32.2. The molecule has 1 heterocycles. The number of rotatable bonds is 4. The molecule has 1 aromatic heterocycles. The van der Waals surface area contributed by atoms with Gasteiger partial charge in [-0.05, 0) is 37.3 Å². The molecule has 20 heavy (non-hydrogen) atoms. The lowest BCUT2D eigenvalue weighted by atomic mass is 10.00. The Morgan fingerprint density at radius 2 is 1.95 bits per heavy atom. The normalized spacial score (nSPS) is 16.1. The third-order valence-electron chi connectivity index (χ3n) is 3.39. The van der Waals surface area contributed by atoms with Gasteiger partial charge in [-0.1, -0.05) is 12.8 Å². The van der Waals surface area contributed by atoms with Gasteiger partial charge < -0.3 is 5.32 Å². The van der Waals surface area contributed by atoms with Gasteiger partial charge in [0.05, 0.1) is 10.6 Å². The van der Waals surface area contributed by atoms with Crippen LogP contribution in [0.2, 0.25) is 0 Å². The van der Waals surface area contributed by atoms with E-state index in [1.807, 2.05) is 6.07 Å². The second-order valence-corrected chi connectivity index (χ2v) is 7.97. The van der Waals surface area contributed by atoms with Crippen molar-refractivity contribution in [2.24, 2.45) is 5.14 Å². The number of hydrogen-bond acceptors (Lipinski definition) is 4. The van der Waals surface area contributed by atoms with Crippen molar-refractivity contribution in [3.8, 4) is 0 Å². The SMILES string of the molecule is NS(=O)(=O)CCNC(=O)c1cc2c(s1)CCCCCC2. The van der Waals surface area contributed by atoms with E-state index in [9.17, 15) is 13.2 Å². The molecule has 0 radical (unpaired) electrons. The Morgan fingerprint density at radius 1 is 1.25 bits per heavy atom. The van der Waals surface area contributed by atoms with Gasteiger partial charge in [0.15, 0.2) is 0 Å². The number of amides is 1. The fourth-order valence-electron chi connectivity index (χ4n) is 2.35. The maximum Gasteiger partial charge on any atom is 0.261 e. The Bertz CT molecular complexity index is 553. The molecule has 0 aliphatic heterocycles. The molecule has 2 rings (SSSR count). The molecule has 1 amide bonds. The number of sulfonamides is 1. The van der Waals surface area contributed by atoms with E-state index in [1.54, 1.807) is 0 Å². The monoisotopic (exact) mass is 316 g/mol. The van der Waals surface area contributed by atoms with Gasteiger partial charge in [0.2, 0.25) is 10.0 Å². The first-order chi connectivity index (χ1) is 9.46. The average Bonchev–Trinajstić information content (AvgIpc) is 2.70. The van der Waals surface area contributed by atoms with Crippen LogP contribution < -0.4 is 10.5 Å². The molecule has 112 valence electrons. The summed E-state index contributed by atoms with van der Waals surface area (Å²) in [4.78, 5) is 14.0. The number of primary sulfonamides is 1. The maximum atomic E-state index is 12.0. The van der Waals surface area contributed by atoms with Gasteiger partial charge in [0.1, 0.15) is 0 Å². The number of carbonyl (C=O) groups is 1. The smallest absolute Gasteiger partial charge is 0.261 e. The molecule has 1 aliphatic rings. The molecule has 5 nitrogen and oxygen atoms in total. The number of fused-ring (bicyclic) bond motifs is 1. The minimum absolute atomic E-state index is 0.0558. The van der Waals surface area contributed by atoms with Crippen LogP contribution in [0.15, 0.2) is 6.07 Å². The number of nitrogens with two attached hydrogens (primary N) is 1. The molecular weight excluding hydrogens is 296 g/mol.